The van der Waals surface area contributed by atoms with Crippen LogP contribution in [-0.4, -0.2) is 11.7 Å². The van der Waals surface area contributed by atoms with Gasteiger partial charge in [0, 0.05) is 5.56 Å². The van der Waals surface area contributed by atoms with Crippen molar-refractivity contribution in [2.45, 2.75) is 46.6 Å². The highest BCUT2D eigenvalue weighted by Crippen LogP contribution is 2.33. The molecule has 0 aliphatic heterocycles. The summed E-state index contributed by atoms with van der Waals surface area (Å²) in [5, 5.41) is 10.3. The Hall–Kier alpha value is -1.02. The van der Waals surface area contributed by atoms with E-state index >= 15 is 0 Å². The van der Waals surface area contributed by atoms with Crippen LogP contribution in [0.5, 0.6) is 5.75 Å². The van der Waals surface area contributed by atoms with Crippen LogP contribution >= 0.6 is 0 Å². The lowest BCUT2D eigenvalue weighted by molar-refractivity contribution is 0.118. The second kappa shape index (κ2) is 6.06. The lowest BCUT2D eigenvalue weighted by atomic mass is 9.87. The fourth-order valence-corrected chi connectivity index (χ4v) is 1.79. The van der Waals surface area contributed by atoms with E-state index in [1.165, 1.54) is 0 Å². The molecule has 0 amide bonds. The quantitative estimate of drug-likeness (QED) is 0.839. The molecule has 96 valence electrons. The van der Waals surface area contributed by atoms with E-state index in [2.05, 4.69) is 27.7 Å². The van der Waals surface area contributed by atoms with E-state index in [9.17, 15) is 5.11 Å². The second-order valence-corrected chi connectivity index (χ2v) is 5.67. The normalized spacial score (nSPS) is 13.5. The Morgan fingerprint density at radius 3 is 2.47 bits per heavy atom. The van der Waals surface area contributed by atoms with Crippen molar-refractivity contribution in [3.8, 4) is 5.75 Å². The van der Waals surface area contributed by atoms with E-state index in [4.69, 9.17) is 4.74 Å². The minimum absolute atomic E-state index is 0.108. The summed E-state index contributed by atoms with van der Waals surface area (Å²) in [6, 6.07) is 7.76. The van der Waals surface area contributed by atoms with Gasteiger partial charge >= 0.3 is 0 Å². The predicted octanol–water partition coefficient (Wildman–Crippen LogP) is 3.95. The van der Waals surface area contributed by atoms with Crippen LogP contribution in [0.15, 0.2) is 24.3 Å². The number of ether oxygens (including phenoxy) is 1. The Balaban J connectivity index is 2.81. The van der Waals surface area contributed by atoms with Gasteiger partial charge in [-0.1, -0.05) is 45.9 Å². The molecule has 1 aromatic carbocycles. The van der Waals surface area contributed by atoms with Crippen LogP contribution in [-0.2, 0) is 0 Å². The molecule has 0 heterocycles. The number of para-hydroxylation sites is 1. The van der Waals surface area contributed by atoms with Gasteiger partial charge in [-0.25, -0.2) is 0 Å². The van der Waals surface area contributed by atoms with Crippen LogP contribution in [0.3, 0.4) is 0 Å². The van der Waals surface area contributed by atoms with Gasteiger partial charge in [-0.05, 0) is 24.3 Å². The molecule has 17 heavy (non-hydrogen) atoms. The van der Waals surface area contributed by atoms with Crippen molar-refractivity contribution in [3.05, 3.63) is 29.8 Å². The number of aliphatic hydroxyl groups is 1. The largest absolute Gasteiger partial charge is 0.493 e. The summed E-state index contributed by atoms with van der Waals surface area (Å²) in [4.78, 5) is 0. The molecule has 0 aromatic heterocycles. The highest BCUT2D eigenvalue weighted by Gasteiger charge is 2.20. The van der Waals surface area contributed by atoms with Crippen molar-refractivity contribution in [2.75, 3.05) is 6.61 Å². The molecule has 1 rings (SSSR count). The summed E-state index contributed by atoms with van der Waals surface area (Å²) in [5.74, 6) is 0.811. The third-order valence-corrected chi connectivity index (χ3v) is 2.55. The van der Waals surface area contributed by atoms with E-state index in [0.717, 1.165) is 24.2 Å². The van der Waals surface area contributed by atoms with Gasteiger partial charge in [0.15, 0.2) is 0 Å². The first-order valence-corrected chi connectivity index (χ1v) is 6.34. The van der Waals surface area contributed by atoms with E-state index < -0.39 is 6.10 Å². The summed E-state index contributed by atoms with van der Waals surface area (Å²) in [6.45, 7) is 9.16. The molecule has 0 saturated carbocycles. The standard InChI is InChI=1S/C15H24O2/c1-5-10-17-14-9-7-6-8-12(14)13(16)11-15(2,3)4/h6-9,13,16H,5,10-11H2,1-4H3. The topological polar surface area (TPSA) is 29.5 Å². The van der Waals surface area contributed by atoms with E-state index in [0.29, 0.717) is 6.61 Å². The van der Waals surface area contributed by atoms with Gasteiger partial charge in [0.2, 0.25) is 0 Å². The van der Waals surface area contributed by atoms with Crippen molar-refractivity contribution in [1.82, 2.24) is 0 Å². The Kier molecular flexibility index (Phi) is 5.01. The number of hydrogen-bond donors (Lipinski definition) is 1. The van der Waals surface area contributed by atoms with Crippen molar-refractivity contribution in [2.24, 2.45) is 5.41 Å². The smallest absolute Gasteiger partial charge is 0.125 e. The summed E-state index contributed by atoms with van der Waals surface area (Å²) >= 11 is 0. The van der Waals surface area contributed by atoms with Crippen molar-refractivity contribution in [1.29, 1.82) is 0 Å². The van der Waals surface area contributed by atoms with Gasteiger partial charge in [-0.2, -0.15) is 0 Å². The summed E-state index contributed by atoms with van der Waals surface area (Å²) in [5.41, 5.74) is 1.01. The zero-order valence-corrected chi connectivity index (χ0v) is 11.4. The van der Waals surface area contributed by atoms with Crippen LogP contribution in [0.2, 0.25) is 0 Å². The van der Waals surface area contributed by atoms with Crippen molar-refractivity contribution < 1.29 is 9.84 Å². The summed E-state index contributed by atoms with van der Waals surface area (Å²) in [7, 11) is 0. The minimum atomic E-state index is -0.456. The molecule has 2 nitrogen and oxygen atoms in total. The fourth-order valence-electron chi connectivity index (χ4n) is 1.79. The van der Waals surface area contributed by atoms with Gasteiger partial charge in [-0.15, -0.1) is 0 Å². The number of hydrogen-bond acceptors (Lipinski definition) is 2. The zero-order valence-electron chi connectivity index (χ0n) is 11.4. The molecule has 0 bridgehead atoms. The van der Waals surface area contributed by atoms with Crippen LogP contribution in [0.25, 0.3) is 0 Å². The first-order valence-electron chi connectivity index (χ1n) is 6.34. The molecule has 0 aliphatic rings. The molecule has 1 aromatic rings. The molecule has 1 unspecified atom stereocenters. The average molecular weight is 236 g/mol. The van der Waals surface area contributed by atoms with Gasteiger partial charge < -0.3 is 9.84 Å². The second-order valence-electron chi connectivity index (χ2n) is 5.67. The molecule has 0 spiro atoms. The van der Waals surface area contributed by atoms with Gasteiger partial charge in [0.1, 0.15) is 5.75 Å². The predicted molar refractivity (Wildman–Crippen MR) is 71.3 cm³/mol. The van der Waals surface area contributed by atoms with E-state index in [-0.39, 0.29) is 5.41 Å². The van der Waals surface area contributed by atoms with Crippen molar-refractivity contribution >= 4 is 0 Å². The molecule has 0 saturated heterocycles. The maximum absolute atomic E-state index is 10.3. The van der Waals surface area contributed by atoms with Gasteiger partial charge in [0.05, 0.1) is 12.7 Å². The number of aliphatic hydroxyl groups excluding tert-OH is 1. The molecule has 0 radical (unpaired) electrons. The molecule has 2 heteroatoms. The van der Waals surface area contributed by atoms with Crippen LogP contribution in [0.4, 0.5) is 0 Å². The van der Waals surface area contributed by atoms with Gasteiger partial charge in [0.25, 0.3) is 0 Å². The number of rotatable bonds is 5. The molecule has 0 aliphatic carbocycles. The highest BCUT2D eigenvalue weighted by molar-refractivity contribution is 5.35. The SMILES string of the molecule is CCCOc1ccccc1C(O)CC(C)(C)C. The lowest BCUT2D eigenvalue weighted by Crippen LogP contribution is -2.12. The Morgan fingerprint density at radius 1 is 1.24 bits per heavy atom. The molecule has 0 fully saturated rings. The minimum Gasteiger partial charge on any atom is -0.493 e. The van der Waals surface area contributed by atoms with Crippen LogP contribution < -0.4 is 4.74 Å². The Labute approximate surface area is 105 Å². The molecular weight excluding hydrogens is 212 g/mol. The monoisotopic (exact) mass is 236 g/mol. The van der Waals surface area contributed by atoms with E-state index in [1.54, 1.807) is 0 Å². The Bertz CT molecular complexity index is 339. The van der Waals surface area contributed by atoms with Crippen LogP contribution in [0, 0.1) is 5.41 Å². The van der Waals surface area contributed by atoms with Crippen molar-refractivity contribution in [3.63, 3.8) is 0 Å². The summed E-state index contributed by atoms with van der Waals surface area (Å²) < 4.78 is 5.66. The van der Waals surface area contributed by atoms with E-state index in [1.807, 2.05) is 24.3 Å². The van der Waals surface area contributed by atoms with Gasteiger partial charge in [-0.3, -0.25) is 0 Å². The first-order chi connectivity index (χ1) is 7.94. The lowest BCUT2D eigenvalue weighted by Gasteiger charge is -2.24. The maximum Gasteiger partial charge on any atom is 0.125 e. The zero-order chi connectivity index (χ0) is 12.9. The average Bonchev–Trinajstić information content (AvgIpc) is 2.24. The van der Waals surface area contributed by atoms with Crippen LogP contribution in [0.1, 0.15) is 52.2 Å². The highest BCUT2D eigenvalue weighted by atomic mass is 16.5. The maximum atomic E-state index is 10.3. The molecule has 1 atom stereocenters. The Morgan fingerprint density at radius 2 is 1.88 bits per heavy atom. The molecule has 1 N–H and O–H groups in total. The molecular formula is C15H24O2. The first kappa shape index (κ1) is 14.0. The number of benzene rings is 1. The third kappa shape index (κ3) is 4.78. The summed E-state index contributed by atoms with van der Waals surface area (Å²) in [6.07, 6.45) is 1.26. The fraction of sp³-hybridized carbons (Fsp3) is 0.600. The third-order valence-electron chi connectivity index (χ3n) is 2.55.